The number of benzene rings is 2. The molecule has 0 atom stereocenters. The second kappa shape index (κ2) is 9.50. The molecule has 0 fully saturated rings. The standard InChI is InChI=1S/C21H24N2O4S/c1-14-10-15(2)12-17(11-14)26-8-5-9-28-21-23-22-20(27-21)16-6-7-18(24-3)19(13-16)25-4/h6-7,10-13H,5,8-9H2,1-4H3. The van der Waals surface area contributed by atoms with Crippen molar-refractivity contribution < 1.29 is 18.6 Å². The van der Waals surface area contributed by atoms with Gasteiger partial charge in [0, 0.05) is 11.3 Å². The Morgan fingerprint density at radius 1 is 0.929 bits per heavy atom. The highest BCUT2D eigenvalue weighted by Crippen LogP contribution is 2.32. The van der Waals surface area contributed by atoms with Crippen LogP contribution in [0.3, 0.4) is 0 Å². The van der Waals surface area contributed by atoms with Crippen molar-refractivity contribution in [2.45, 2.75) is 25.5 Å². The zero-order chi connectivity index (χ0) is 19.9. The van der Waals surface area contributed by atoms with Crippen LogP contribution < -0.4 is 14.2 Å². The van der Waals surface area contributed by atoms with Crippen molar-refractivity contribution in [2.24, 2.45) is 0 Å². The maximum atomic E-state index is 5.82. The summed E-state index contributed by atoms with van der Waals surface area (Å²) < 4.78 is 22.1. The van der Waals surface area contributed by atoms with Crippen molar-refractivity contribution in [1.29, 1.82) is 0 Å². The summed E-state index contributed by atoms with van der Waals surface area (Å²) >= 11 is 1.52. The van der Waals surface area contributed by atoms with E-state index in [1.807, 2.05) is 30.3 Å². The molecule has 148 valence electrons. The summed E-state index contributed by atoms with van der Waals surface area (Å²) in [6, 6.07) is 11.7. The monoisotopic (exact) mass is 400 g/mol. The minimum absolute atomic E-state index is 0.454. The SMILES string of the molecule is COc1ccc(-c2nnc(SCCCOc3cc(C)cc(C)c3)o2)cc1OC. The fourth-order valence-corrected chi connectivity index (χ4v) is 3.45. The minimum Gasteiger partial charge on any atom is -0.494 e. The van der Waals surface area contributed by atoms with E-state index in [1.165, 1.54) is 22.9 Å². The second-order valence-electron chi connectivity index (χ2n) is 6.32. The quantitative estimate of drug-likeness (QED) is 0.372. The summed E-state index contributed by atoms with van der Waals surface area (Å²) in [6.45, 7) is 4.79. The van der Waals surface area contributed by atoms with Crippen LogP contribution in [0.1, 0.15) is 17.5 Å². The van der Waals surface area contributed by atoms with E-state index >= 15 is 0 Å². The molecule has 2 aromatic carbocycles. The van der Waals surface area contributed by atoms with Gasteiger partial charge in [0.1, 0.15) is 5.75 Å². The molecule has 0 aliphatic rings. The minimum atomic E-state index is 0.454. The molecule has 7 heteroatoms. The summed E-state index contributed by atoms with van der Waals surface area (Å²) in [5.74, 6) is 3.48. The number of aryl methyl sites for hydroxylation is 2. The third-order valence-electron chi connectivity index (χ3n) is 4.02. The van der Waals surface area contributed by atoms with Gasteiger partial charge in [-0.25, -0.2) is 0 Å². The molecule has 1 heterocycles. The van der Waals surface area contributed by atoms with Crippen LogP contribution in [0.2, 0.25) is 0 Å². The maximum absolute atomic E-state index is 5.82. The normalized spacial score (nSPS) is 10.7. The molecule has 3 rings (SSSR count). The van der Waals surface area contributed by atoms with Gasteiger partial charge in [0.05, 0.1) is 20.8 Å². The average Bonchev–Trinajstić information content (AvgIpc) is 3.15. The highest BCUT2D eigenvalue weighted by molar-refractivity contribution is 7.99. The number of hydrogen-bond donors (Lipinski definition) is 0. The van der Waals surface area contributed by atoms with E-state index in [4.69, 9.17) is 18.6 Å². The van der Waals surface area contributed by atoms with Gasteiger partial charge in [-0.2, -0.15) is 0 Å². The number of nitrogens with zero attached hydrogens (tertiary/aromatic N) is 2. The van der Waals surface area contributed by atoms with Crippen LogP contribution >= 0.6 is 11.8 Å². The molecule has 0 N–H and O–H groups in total. The molecule has 0 unspecified atom stereocenters. The highest BCUT2D eigenvalue weighted by Gasteiger charge is 2.12. The largest absolute Gasteiger partial charge is 0.494 e. The second-order valence-corrected chi connectivity index (χ2v) is 7.36. The average molecular weight is 401 g/mol. The molecule has 0 radical (unpaired) electrons. The first-order valence-corrected chi connectivity index (χ1v) is 9.97. The van der Waals surface area contributed by atoms with Crippen molar-refractivity contribution in [3.05, 3.63) is 47.5 Å². The lowest BCUT2D eigenvalue weighted by molar-refractivity contribution is 0.318. The van der Waals surface area contributed by atoms with Crippen LogP contribution in [0.5, 0.6) is 17.2 Å². The van der Waals surface area contributed by atoms with E-state index in [2.05, 4.69) is 30.1 Å². The maximum Gasteiger partial charge on any atom is 0.276 e. The van der Waals surface area contributed by atoms with Gasteiger partial charge < -0.3 is 18.6 Å². The van der Waals surface area contributed by atoms with E-state index in [0.29, 0.717) is 29.2 Å². The number of rotatable bonds is 9. The summed E-state index contributed by atoms with van der Waals surface area (Å²) in [5.41, 5.74) is 3.20. The van der Waals surface area contributed by atoms with Crippen LogP contribution in [-0.2, 0) is 0 Å². The first-order chi connectivity index (χ1) is 13.6. The Morgan fingerprint density at radius 3 is 2.39 bits per heavy atom. The molecule has 6 nitrogen and oxygen atoms in total. The molecular formula is C21H24N2O4S. The van der Waals surface area contributed by atoms with E-state index < -0.39 is 0 Å². The molecule has 0 amide bonds. The first-order valence-electron chi connectivity index (χ1n) is 8.99. The van der Waals surface area contributed by atoms with Crippen LogP contribution in [0, 0.1) is 13.8 Å². The fourth-order valence-electron chi connectivity index (χ4n) is 2.78. The fraction of sp³-hybridized carbons (Fsp3) is 0.333. The van der Waals surface area contributed by atoms with Gasteiger partial charge in [0.15, 0.2) is 11.5 Å². The molecular weight excluding hydrogens is 376 g/mol. The van der Waals surface area contributed by atoms with Crippen molar-refractivity contribution in [3.8, 4) is 28.7 Å². The molecule has 0 saturated carbocycles. The Bertz CT molecular complexity index is 906. The summed E-state index contributed by atoms with van der Waals surface area (Å²) in [4.78, 5) is 0. The van der Waals surface area contributed by atoms with Gasteiger partial charge in [-0.05, 0) is 61.7 Å². The molecule has 0 bridgehead atoms. The number of hydrogen-bond acceptors (Lipinski definition) is 7. The Balaban J connectivity index is 1.50. The van der Waals surface area contributed by atoms with Crippen LogP contribution in [-0.4, -0.2) is 36.8 Å². The van der Waals surface area contributed by atoms with E-state index in [1.54, 1.807) is 14.2 Å². The van der Waals surface area contributed by atoms with Crippen molar-refractivity contribution in [2.75, 3.05) is 26.6 Å². The molecule has 28 heavy (non-hydrogen) atoms. The lowest BCUT2D eigenvalue weighted by atomic mass is 10.1. The van der Waals surface area contributed by atoms with Gasteiger partial charge in [-0.15, -0.1) is 10.2 Å². The van der Waals surface area contributed by atoms with Gasteiger partial charge in [0.25, 0.3) is 5.22 Å². The summed E-state index contributed by atoms with van der Waals surface area (Å²) in [6.07, 6.45) is 0.881. The molecule has 0 aliphatic heterocycles. The van der Waals surface area contributed by atoms with Gasteiger partial charge in [0.2, 0.25) is 5.89 Å². The smallest absolute Gasteiger partial charge is 0.276 e. The predicted molar refractivity (Wildman–Crippen MR) is 110 cm³/mol. The Kier molecular flexibility index (Phi) is 6.81. The lowest BCUT2D eigenvalue weighted by Crippen LogP contribution is -1.99. The number of thioether (sulfide) groups is 1. The Hall–Kier alpha value is -2.67. The molecule has 0 aliphatic carbocycles. The molecule has 0 spiro atoms. The van der Waals surface area contributed by atoms with Crippen LogP contribution in [0.25, 0.3) is 11.5 Å². The van der Waals surface area contributed by atoms with Gasteiger partial charge in [-0.1, -0.05) is 17.8 Å². The number of ether oxygens (including phenoxy) is 3. The van der Waals surface area contributed by atoms with Gasteiger partial charge in [-0.3, -0.25) is 0 Å². The Labute approximate surface area is 169 Å². The van der Waals surface area contributed by atoms with E-state index in [0.717, 1.165) is 23.5 Å². The van der Waals surface area contributed by atoms with Gasteiger partial charge >= 0.3 is 0 Å². The summed E-state index contributed by atoms with van der Waals surface area (Å²) in [7, 11) is 3.19. The summed E-state index contributed by atoms with van der Waals surface area (Å²) in [5, 5.41) is 8.76. The highest BCUT2D eigenvalue weighted by atomic mass is 32.2. The third-order valence-corrected chi connectivity index (χ3v) is 4.92. The Morgan fingerprint density at radius 2 is 1.68 bits per heavy atom. The zero-order valence-electron chi connectivity index (χ0n) is 16.5. The topological polar surface area (TPSA) is 66.6 Å². The first kappa shape index (κ1) is 20.1. The van der Waals surface area contributed by atoms with E-state index in [9.17, 15) is 0 Å². The van der Waals surface area contributed by atoms with E-state index in [-0.39, 0.29) is 0 Å². The third kappa shape index (κ3) is 5.19. The van der Waals surface area contributed by atoms with Crippen molar-refractivity contribution in [1.82, 2.24) is 10.2 Å². The number of aromatic nitrogens is 2. The molecule has 1 aromatic heterocycles. The van der Waals surface area contributed by atoms with Crippen molar-refractivity contribution in [3.63, 3.8) is 0 Å². The zero-order valence-corrected chi connectivity index (χ0v) is 17.3. The number of methoxy groups -OCH3 is 2. The van der Waals surface area contributed by atoms with Crippen LogP contribution in [0.4, 0.5) is 0 Å². The lowest BCUT2D eigenvalue weighted by Gasteiger charge is -2.07. The predicted octanol–water partition coefficient (Wildman–Crippen LogP) is 4.93. The van der Waals surface area contributed by atoms with Crippen LogP contribution in [0.15, 0.2) is 46.0 Å². The molecule has 0 saturated heterocycles. The molecule has 3 aromatic rings. The van der Waals surface area contributed by atoms with Crippen molar-refractivity contribution >= 4 is 11.8 Å².